The Labute approximate surface area is 174 Å². The van der Waals surface area contributed by atoms with Crippen LogP contribution in [-0.4, -0.2) is 41.0 Å². The molecule has 2 aromatic carbocycles. The first-order valence-corrected chi connectivity index (χ1v) is 9.98. The summed E-state index contributed by atoms with van der Waals surface area (Å²) in [5, 5.41) is 6.43. The number of carbonyl (C=O) groups is 2. The van der Waals surface area contributed by atoms with Crippen LogP contribution in [0.15, 0.2) is 54.6 Å². The number of piperidine rings is 1. The zero-order chi connectivity index (χ0) is 21.1. The van der Waals surface area contributed by atoms with Gasteiger partial charge in [0.2, 0.25) is 0 Å². The Kier molecular flexibility index (Phi) is 5.61. The topological polar surface area (TPSA) is 74.3 Å². The van der Waals surface area contributed by atoms with Gasteiger partial charge in [0.05, 0.1) is 11.1 Å². The molecule has 1 aliphatic heterocycles. The molecule has 1 saturated heterocycles. The van der Waals surface area contributed by atoms with E-state index in [4.69, 9.17) is 0 Å². The SMILES string of the molecule is Cc1cc(C(=O)N2CCC(NC(=O)Nc3ccccc3)CC2)c2ccc(F)cc2n1. The number of fused-ring (bicyclic) bond motifs is 1. The molecular formula is C23H23FN4O2. The number of benzene rings is 2. The standard InChI is InChI=1S/C23H23FN4O2/c1-15-13-20(19-8-7-16(24)14-21(19)25-15)22(29)28-11-9-18(10-12-28)27-23(30)26-17-5-3-2-4-6-17/h2-8,13-14,18H,9-12H2,1H3,(H2,26,27,30). The second-order valence-electron chi connectivity index (χ2n) is 7.50. The number of halogens is 1. The van der Waals surface area contributed by atoms with Gasteiger partial charge in [0.1, 0.15) is 5.82 Å². The summed E-state index contributed by atoms with van der Waals surface area (Å²) in [4.78, 5) is 31.4. The predicted molar refractivity (Wildman–Crippen MR) is 114 cm³/mol. The van der Waals surface area contributed by atoms with Crippen molar-refractivity contribution in [3.8, 4) is 0 Å². The largest absolute Gasteiger partial charge is 0.338 e. The molecule has 0 saturated carbocycles. The van der Waals surface area contributed by atoms with E-state index in [-0.39, 0.29) is 23.8 Å². The summed E-state index contributed by atoms with van der Waals surface area (Å²) in [5.41, 5.74) is 2.42. The first kappa shape index (κ1) is 19.8. The van der Waals surface area contributed by atoms with Crippen LogP contribution >= 0.6 is 0 Å². The quantitative estimate of drug-likeness (QED) is 0.687. The number of para-hydroxylation sites is 1. The number of pyridine rings is 1. The van der Waals surface area contributed by atoms with Crippen LogP contribution < -0.4 is 10.6 Å². The van der Waals surface area contributed by atoms with E-state index in [2.05, 4.69) is 15.6 Å². The smallest absolute Gasteiger partial charge is 0.319 e. The molecule has 3 amide bonds. The van der Waals surface area contributed by atoms with Gasteiger partial charge in [0, 0.05) is 42.0 Å². The molecule has 1 fully saturated rings. The molecule has 2 heterocycles. The molecule has 0 aliphatic carbocycles. The number of amides is 3. The van der Waals surface area contributed by atoms with Gasteiger partial charge in [-0.15, -0.1) is 0 Å². The molecule has 154 valence electrons. The molecule has 0 radical (unpaired) electrons. The van der Waals surface area contributed by atoms with Gasteiger partial charge in [-0.05, 0) is 50.1 Å². The number of rotatable bonds is 3. The summed E-state index contributed by atoms with van der Waals surface area (Å²) < 4.78 is 13.6. The first-order chi connectivity index (χ1) is 14.5. The summed E-state index contributed by atoms with van der Waals surface area (Å²) in [6, 6.07) is 15.1. The number of hydrogen-bond acceptors (Lipinski definition) is 3. The van der Waals surface area contributed by atoms with Gasteiger partial charge in [0.25, 0.3) is 5.91 Å². The third-order valence-electron chi connectivity index (χ3n) is 5.28. The van der Waals surface area contributed by atoms with E-state index in [1.165, 1.54) is 12.1 Å². The van der Waals surface area contributed by atoms with Crippen LogP contribution in [-0.2, 0) is 0 Å². The van der Waals surface area contributed by atoms with E-state index >= 15 is 0 Å². The number of nitrogens with zero attached hydrogens (tertiary/aromatic N) is 2. The fraction of sp³-hybridized carbons (Fsp3) is 0.261. The van der Waals surface area contributed by atoms with Crippen LogP contribution in [0, 0.1) is 12.7 Å². The van der Waals surface area contributed by atoms with Crippen molar-refractivity contribution >= 4 is 28.5 Å². The molecular weight excluding hydrogens is 383 g/mol. The van der Waals surface area contributed by atoms with Crippen LogP contribution in [0.5, 0.6) is 0 Å². The zero-order valence-electron chi connectivity index (χ0n) is 16.7. The minimum atomic E-state index is -0.375. The lowest BCUT2D eigenvalue weighted by Gasteiger charge is -2.32. The zero-order valence-corrected chi connectivity index (χ0v) is 16.7. The van der Waals surface area contributed by atoms with Crippen LogP contribution in [0.25, 0.3) is 10.9 Å². The summed E-state index contributed by atoms with van der Waals surface area (Å²) in [6.07, 6.45) is 1.34. The lowest BCUT2D eigenvalue weighted by atomic mass is 10.0. The Morgan fingerprint density at radius 2 is 1.80 bits per heavy atom. The van der Waals surface area contributed by atoms with Crippen molar-refractivity contribution in [1.29, 1.82) is 0 Å². The molecule has 7 heteroatoms. The Hall–Kier alpha value is -3.48. The average molecular weight is 406 g/mol. The fourth-order valence-corrected chi connectivity index (χ4v) is 3.78. The predicted octanol–water partition coefficient (Wildman–Crippen LogP) is 4.11. The molecule has 30 heavy (non-hydrogen) atoms. The first-order valence-electron chi connectivity index (χ1n) is 9.98. The number of hydrogen-bond donors (Lipinski definition) is 2. The van der Waals surface area contributed by atoms with Gasteiger partial charge < -0.3 is 15.5 Å². The normalized spacial score (nSPS) is 14.5. The highest BCUT2D eigenvalue weighted by Gasteiger charge is 2.26. The molecule has 1 aromatic heterocycles. The van der Waals surface area contributed by atoms with Crippen molar-refractivity contribution in [2.45, 2.75) is 25.8 Å². The Morgan fingerprint density at radius 1 is 1.07 bits per heavy atom. The summed E-state index contributed by atoms with van der Waals surface area (Å²) in [7, 11) is 0. The van der Waals surface area contributed by atoms with Crippen molar-refractivity contribution in [3.05, 3.63) is 71.7 Å². The van der Waals surface area contributed by atoms with E-state index in [1.54, 1.807) is 24.0 Å². The minimum Gasteiger partial charge on any atom is -0.338 e. The molecule has 0 spiro atoms. The van der Waals surface area contributed by atoms with Gasteiger partial charge >= 0.3 is 6.03 Å². The summed E-state index contributed by atoms with van der Waals surface area (Å²) in [5.74, 6) is -0.469. The van der Waals surface area contributed by atoms with Crippen LogP contribution in [0.2, 0.25) is 0 Å². The minimum absolute atomic E-state index is 0.00257. The van der Waals surface area contributed by atoms with Crippen LogP contribution in [0.4, 0.5) is 14.9 Å². The van der Waals surface area contributed by atoms with Crippen molar-refractivity contribution < 1.29 is 14.0 Å². The Balaban J connectivity index is 1.39. The second kappa shape index (κ2) is 8.49. The number of nitrogens with one attached hydrogen (secondary N) is 2. The van der Waals surface area contributed by atoms with Gasteiger partial charge in [-0.2, -0.15) is 0 Å². The molecule has 3 aromatic rings. The number of likely N-dealkylation sites (tertiary alicyclic amines) is 1. The molecule has 0 bridgehead atoms. The van der Waals surface area contributed by atoms with E-state index in [0.717, 1.165) is 5.69 Å². The lowest BCUT2D eigenvalue weighted by Crippen LogP contribution is -2.47. The van der Waals surface area contributed by atoms with E-state index in [0.29, 0.717) is 48.1 Å². The Bertz CT molecular complexity index is 1070. The van der Waals surface area contributed by atoms with Crippen molar-refractivity contribution in [2.24, 2.45) is 0 Å². The van der Waals surface area contributed by atoms with Crippen LogP contribution in [0.3, 0.4) is 0 Å². The highest BCUT2D eigenvalue weighted by molar-refractivity contribution is 6.06. The van der Waals surface area contributed by atoms with Gasteiger partial charge in [-0.1, -0.05) is 18.2 Å². The number of aromatic nitrogens is 1. The second-order valence-corrected chi connectivity index (χ2v) is 7.50. The average Bonchev–Trinajstić information content (AvgIpc) is 2.73. The molecule has 0 atom stereocenters. The lowest BCUT2D eigenvalue weighted by molar-refractivity contribution is 0.0710. The maximum atomic E-state index is 13.6. The fourth-order valence-electron chi connectivity index (χ4n) is 3.78. The molecule has 2 N–H and O–H groups in total. The van der Waals surface area contributed by atoms with Crippen molar-refractivity contribution in [1.82, 2.24) is 15.2 Å². The monoisotopic (exact) mass is 406 g/mol. The Morgan fingerprint density at radius 3 is 2.53 bits per heavy atom. The highest BCUT2D eigenvalue weighted by Crippen LogP contribution is 2.23. The van der Waals surface area contributed by atoms with Gasteiger partial charge in [-0.3, -0.25) is 9.78 Å². The third kappa shape index (κ3) is 4.40. The molecule has 6 nitrogen and oxygen atoms in total. The van der Waals surface area contributed by atoms with Gasteiger partial charge in [0.15, 0.2) is 0 Å². The van der Waals surface area contributed by atoms with E-state index in [1.807, 2.05) is 30.3 Å². The van der Waals surface area contributed by atoms with E-state index < -0.39 is 0 Å². The number of carbonyl (C=O) groups excluding carboxylic acids is 2. The van der Waals surface area contributed by atoms with Gasteiger partial charge in [-0.25, -0.2) is 9.18 Å². The number of urea groups is 1. The van der Waals surface area contributed by atoms with Crippen molar-refractivity contribution in [2.75, 3.05) is 18.4 Å². The number of aryl methyl sites for hydroxylation is 1. The third-order valence-corrected chi connectivity index (χ3v) is 5.28. The van der Waals surface area contributed by atoms with Crippen molar-refractivity contribution in [3.63, 3.8) is 0 Å². The van der Waals surface area contributed by atoms with Crippen LogP contribution in [0.1, 0.15) is 28.9 Å². The highest BCUT2D eigenvalue weighted by atomic mass is 19.1. The maximum absolute atomic E-state index is 13.6. The molecule has 1 aliphatic rings. The summed E-state index contributed by atoms with van der Waals surface area (Å²) in [6.45, 7) is 2.88. The molecule has 4 rings (SSSR count). The molecule has 0 unspecified atom stereocenters. The van der Waals surface area contributed by atoms with E-state index in [9.17, 15) is 14.0 Å². The summed E-state index contributed by atoms with van der Waals surface area (Å²) >= 11 is 0. The number of anilines is 1. The maximum Gasteiger partial charge on any atom is 0.319 e.